The van der Waals surface area contributed by atoms with E-state index in [0.29, 0.717) is 25.5 Å². The summed E-state index contributed by atoms with van der Waals surface area (Å²) in [5.41, 5.74) is 3.49. The number of carbonyl (C=O) groups is 1. The van der Waals surface area contributed by atoms with Gasteiger partial charge in [0.1, 0.15) is 18.4 Å². The Labute approximate surface area is 318 Å². The molecular formula is C38H54ClIN4O5S. The largest absolute Gasteiger partial charge is 0.487 e. The average Bonchev–Trinajstić information content (AvgIpc) is 3.53. The number of rotatable bonds is 11. The van der Waals surface area contributed by atoms with Crippen LogP contribution in [0.1, 0.15) is 69.9 Å². The molecule has 1 amide bonds. The Morgan fingerprint density at radius 1 is 1.08 bits per heavy atom. The number of hydrogen-bond acceptors (Lipinski definition) is 7. The number of anilines is 1. The second-order valence-electron chi connectivity index (χ2n) is 14.4. The van der Waals surface area contributed by atoms with Crippen molar-refractivity contribution in [3.63, 3.8) is 0 Å². The lowest BCUT2D eigenvalue weighted by Crippen LogP contribution is -2.52. The fourth-order valence-corrected chi connectivity index (χ4v) is 8.92. The summed E-state index contributed by atoms with van der Waals surface area (Å²) in [5.74, 6) is 1.19. The van der Waals surface area contributed by atoms with E-state index in [9.17, 15) is 13.2 Å². The number of carbonyl (C=O) groups excluding carboxylic acids is 1. The maximum absolute atomic E-state index is 14.3. The van der Waals surface area contributed by atoms with Gasteiger partial charge in [0.25, 0.3) is 0 Å². The Morgan fingerprint density at radius 2 is 1.86 bits per heavy atom. The summed E-state index contributed by atoms with van der Waals surface area (Å²) in [6.45, 7) is 8.68. The van der Waals surface area contributed by atoms with Crippen molar-refractivity contribution in [2.24, 2.45) is 17.0 Å². The van der Waals surface area contributed by atoms with Gasteiger partial charge >= 0.3 is 0 Å². The van der Waals surface area contributed by atoms with Crippen LogP contribution in [-0.4, -0.2) is 87.9 Å². The van der Waals surface area contributed by atoms with Gasteiger partial charge in [0.05, 0.1) is 10.9 Å². The Bertz CT molecular complexity index is 1590. The van der Waals surface area contributed by atoms with Gasteiger partial charge in [-0.1, -0.05) is 36.7 Å². The molecule has 0 saturated carbocycles. The molecule has 2 aromatic rings. The van der Waals surface area contributed by atoms with Crippen LogP contribution in [0.15, 0.2) is 48.6 Å². The summed E-state index contributed by atoms with van der Waals surface area (Å²) < 4.78 is 37.3. The van der Waals surface area contributed by atoms with Crippen molar-refractivity contribution < 1.29 is 22.7 Å². The van der Waals surface area contributed by atoms with E-state index in [1.165, 1.54) is 11.1 Å². The smallest absolute Gasteiger partial charge is 0.243 e. The van der Waals surface area contributed by atoms with Crippen LogP contribution in [0, 0.1) is 15.4 Å². The molecule has 3 aliphatic heterocycles. The average molecular weight is 841 g/mol. The monoisotopic (exact) mass is 840 g/mol. The molecule has 1 unspecified atom stereocenters. The molecule has 2 saturated heterocycles. The summed E-state index contributed by atoms with van der Waals surface area (Å²) in [4.78, 5) is 21.1. The minimum absolute atomic E-state index is 0.0824. The van der Waals surface area contributed by atoms with Crippen molar-refractivity contribution in [1.29, 1.82) is 0 Å². The van der Waals surface area contributed by atoms with E-state index < -0.39 is 21.3 Å². The normalized spacial score (nSPS) is 21.5. The number of likely N-dealkylation sites (N-methyl/N-ethyl adjacent to an activating group) is 1. The van der Waals surface area contributed by atoms with Gasteiger partial charge in [0.2, 0.25) is 15.9 Å². The molecule has 2 N–H and O–H groups in total. The first-order valence-corrected chi connectivity index (χ1v) is 21.2. The second-order valence-corrected chi connectivity index (χ2v) is 18.0. The van der Waals surface area contributed by atoms with Crippen LogP contribution >= 0.6 is 34.2 Å². The number of nitrogens with two attached hydrogens (primary N) is 1. The lowest BCUT2D eigenvalue weighted by atomic mass is 9.99. The highest BCUT2D eigenvalue weighted by molar-refractivity contribution is 14.1. The van der Waals surface area contributed by atoms with E-state index >= 15 is 0 Å². The Balaban J connectivity index is 1.39. The number of primary sulfonamides is 1. The van der Waals surface area contributed by atoms with E-state index in [-0.39, 0.29) is 17.9 Å². The molecule has 0 spiro atoms. The predicted molar refractivity (Wildman–Crippen MR) is 210 cm³/mol. The quantitative estimate of drug-likeness (QED) is 0.200. The molecule has 2 aromatic carbocycles. The van der Waals surface area contributed by atoms with E-state index in [1.807, 2.05) is 37.1 Å². The van der Waals surface area contributed by atoms with Gasteiger partial charge in [-0.3, -0.25) is 9.69 Å². The minimum Gasteiger partial charge on any atom is -0.487 e. The Kier molecular flexibility index (Phi) is 14.3. The fourth-order valence-electron chi connectivity index (χ4n) is 7.49. The lowest BCUT2D eigenvalue weighted by Gasteiger charge is -2.37. The minimum atomic E-state index is -3.65. The molecule has 3 heterocycles. The highest BCUT2D eigenvalue weighted by Gasteiger charge is 2.37. The van der Waals surface area contributed by atoms with Crippen LogP contribution in [-0.2, 0) is 32.6 Å². The van der Waals surface area contributed by atoms with E-state index in [4.69, 9.17) is 26.2 Å². The van der Waals surface area contributed by atoms with Crippen molar-refractivity contribution in [2.75, 3.05) is 51.3 Å². The van der Waals surface area contributed by atoms with Gasteiger partial charge in [-0.05, 0) is 141 Å². The SMILES string of the molecule is C[C@H]([C@@H](C)C/C=C/C(C(=O)N(C)CC1CCOCC1)N1CCC[C@H]1CN1CCCCc2cc(Cl)ccc2COc2ccc(I)cc21)S(N)(=O)=O. The number of ether oxygens (including phenoxy) is 2. The van der Waals surface area contributed by atoms with Crippen molar-refractivity contribution in [1.82, 2.24) is 9.80 Å². The van der Waals surface area contributed by atoms with E-state index in [2.05, 4.69) is 62.7 Å². The predicted octanol–water partition coefficient (Wildman–Crippen LogP) is 6.64. The third-order valence-electron chi connectivity index (χ3n) is 10.8. The van der Waals surface area contributed by atoms with Gasteiger partial charge in [-0.25, -0.2) is 13.6 Å². The van der Waals surface area contributed by atoms with Gasteiger partial charge < -0.3 is 19.3 Å². The molecule has 2 fully saturated rings. The summed E-state index contributed by atoms with van der Waals surface area (Å²) in [6, 6.07) is 12.2. The van der Waals surface area contributed by atoms with Gasteiger partial charge in [0.15, 0.2) is 0 Å². The van der Waals surface area contributed by atoms with Crippen LogP contribution in [0.4, 0.5) is 5.69 Å². The van der Waals surface area contributed by atoms with Crippen molar-refractivity contribution in [2.45, 2.75) is 89.2 Å². The number of fused-ring (bicyclic) bond motifs is 2. The summed E-state index contributed by atoms with van der Waals surface area (Å²) >= 11 is 8.75. The number of allylic oxidation sites excluding steroid dienone is 1. The molecule has 0 bridgehead atoms. The Hall–Kier alpha value is -1.90. The molecule has 0 aromatic heterocycles. The third-order valence-corrected chi connectivity index (χ3v) is 13.2. The van der Waals surface area contributed by atoms with Gasteiger partial charge in [-0.2, -0.15) is 0 Å². The zero-order chi connectivity index (χ0) is 35.8. The van der Waals surface area contributed by atoms with Crippen LogP contribution in [0.5, 0.6) is 5.75 Å². The first kappa shape index (κ1) is 39.3. The van der Waals surface area contributed by atoms with E-state index in [0.717, 1.165) is 97.8 Å². The molecule has 0 aliphatic carbocycles. The Morgan fingerprint density at radius 3 is 2.62 bits per heavy atom. The maximum atomic E-state index is 14.3. The molecule has 12 heteroatoms. The van der Waals surface area contributed by atoms with Crippen LogP contribution < -0.4 is 14.8 Å². The van der Waals surface area contributed by atoms with Crippen LogP contribution in [0.2, 0.25) is 5.02 Å². The standard InChI is InChI=1S/C38H54ClIN4O5S/c1-27(28(2)50(41,46)47)8-6-11-35(38(45)42(3)24-29-16-20-48-21-17-29)44-19-7-10-34(44)25-43-18-5-4-9-30-22-32(39)13-12-31(30)26-49-37-15-14-33(40)23-36(37)43/h6,11-15,22-23,27-29,34-35H,4-5,7-10,16-21,24-26H2,1-3H3,(H2,41,46,47)/b11-6+/t27-,28+,34-,35?/m0/s1. The molecule has 0 radical (unpaired) electrons. The summed E-state index contributed by atoms with van der Waals surface area (Å²) in [5, 5.41) is 5.55. The molecule has 50 heavy (non-hydrogen) atoms. The number of amides is 1. The number of aryl methyl sites for hydroxylation is 1. The maximum Gasteiger partial charge on any atom is 0.243 e. The third kappa shape index (κ3) is 10.6. The second kappa shape index (κ2) is 18.2. The van der Waals surface area contributed by atoms with Crippen molar-refractivity contribution in [3.05, 3.63) is 68.3 Å². The summed E-state index contributed by atoms with van der Waals surface area (Å²) in [7, 11) is -1.73. The summed E-state index contributed by atoms with van der Waals surface area (Å²) in [6.07, 6.45) is 11.4. The molecular weight excluding hydrogens is 787 g/mol. The number of nitrogens with zero attached hydrogens (tertiary/aromatic N) is 3. The highest BCUT2D eigenvalue weighted by Crippen LogP contribution is 2.35. The number of hydrogen-bond donors (Lipinski definition) is 1. The molecule has 3 aliphatic rings. The zero-order valence-corrected chi connectivity index (χ0v) is 33.5. The molecule has 9 nitrogen and oxygen atoms in total. The molecule has 5 rings (SSSR count). The van der Waals surface area contributed by atoms with Crippen molar-refractivity contribution in [3.8, 4) is 5.75 Å². The van der Waals surface area contributed by atoms with Crippen LogP contribution in [0.25, 0.3) is 0 Å². The highest BCUT2D eigenvalue weighted by atomic mass is 127. The fraction of sp³-hybridized carbons (Fsp3) is 0.605. The van der Waals surface area contributed by atoms with E-state index in [1.54, 1.807) is 6.92 Å². The number of likely N-dealkylation sites (tertiary alicyclic amines) is 1. The van der Waals surface area contributed by atoms with Crippen LogP contribution in [0.3, 0.4) is 0 Å². The topological polar surface area (TPSA) is 105 Å². The molecule has 276 valence electrons. The van der Waals surface area contributed by atoms with Gasteiger partial charge in [0, 0.05) is 54.5 Å². The van der Waals surface area contributed by atoms with Crippen molar-refractivity contribution >= 4 is 55.8 Å². The zero-order valence-electron chi connectivity index (χ0n) is 29.7. The lowest BCUT2D eigenvalue weighted by molar-refractivity contribution is -0.135. The molecule has 4 atom stereocenters. The first-order chi connectivity index (χ1) is 23.9. The number of sulfonamides is 1. The van der Waals surface area contributed by atoms with Gasteiger partial charge in [-0.15, -0.1) is 0 Å². The number of halogens is 2. The number of benzene rings is 2. The first-order valence-electron chi connectivity index (χ1n) is 18.1.